The van der Waals surface area contributed by atoms with Gasteiger partial charge in [0.05, 0.1) is 31.1 Å². The number of ether oxygens (including phenoxy) is 1. The smallest absolute Gasteiger partial charge is 0.265 e. The van der Waals surface area contributed by atoms with E-state index in [1.165, 1.54) is 17.7 Å². The van der Waals surface area contributed by atoms with Crippen LogP contribution in [0, 0.1) is 5.92 Å². The van der Waals surface area contributed by atoms with Gasteiger partial charge in [0.1, 0.15) is 6.29 Å². The summed E-state index contributed by atoms with van der Waals surface area (Å²) in [6.07, 6.45) is 6.19. The lowest BCUT2D eigenvalue weighted by Crippen LogP contribution is -2.38. The van der Waals surface area contributed by atoms with Crippen LogP contribution in [-0.2, 0) is 43.1 Å². The highest BCUT2D eigenvalue weighted by molar-refractivity contribution is 8.76. The Morgan fingerprint density at radius 1 is 1.16 bits per heavy atom. The molecule has 0 spiro atoms. The van der Waals surface area contributed by atoms with Crippen molar-refractivity contribution in [3.05, 3.63) is 11.6 Å². The van der Waals surface area contributed by atoms with Crippen LogP contribution in [0.5, 0.6) is 0 Å². The normalized spacial score (nSPS) is 15.9. The molecule has 3 unspecified atom stereocenters. The SMILES string of the molecule is CC(=O)C(=O)C(C)CC(F)(F)CNC=O.CO.COCCSSCC(C=O)NC(=O)CCCC1=NCC(Cl)C(C(N)=O)=C1.NC1CCN(C=O)CC1.NC=O. The van der Waals surface area contributed by atoms with Gasteiger partial charge in [-0.1, -0.05) is 28.5 Å². The first kappa shape index (κ1) is 55.8. The number of nitrogens with two attached hydrogens (primary N) is 3. The molecule has 0 aromatic carbocycles. The Balaban J connectivity index is -0.000000780. The van der Waals surface area contributed by atoms with Crippen molar-refractivity contribution in [3.63, 3.8) is 0 Å². The molecule has 9 N–H and O–H groups in total. The van der Waals surface area contributed by atoms with Crippen molar-refractivity contribution in [1.29, 1.82) is 0 Å². The number of rotatable bonds is 21. The number of allylic oxidation sites excluding steroid dienone is 1. The van der Waals surface area contributed by atoms with Crippen molar-refractivity contribution in [2.75, 3.05) is 58.5 Å². The average Bonchev–Trinajstić information content (AvgIpc) is 3.15. The van der Waals surface area contributed by atoms with Gasteiger partial charge in [-0.05, 0) is 31.8 Å². The van der Waals surface area contributed by atoms with Gasteiger partial charge in [-0.15, -0.1) is 11.6 Å². The number of nitrogens with zero attached hydrogens (tertiary/aromatic N) is 2. The molecular formula is C33H56ClF2N7O10S2. The standard InChI is InChI=1S/C16H24ClN3O4S2.C9H13F2NO3.C6H12N2O.CH3NO.CH4O/c1-24-5-6-25-26-10-12(9-21)20-15(22)4-2-3-11-7-13(16(18)23)14(17)8-19-11;1-6(8(15)7(2)14)3-9(10,11)4-12-5-13;7-6-1-3-8(5-9)4-2-6;2-1-3;1-2/h7,9,12,14H,2-6,8,10H2,1H3,(H2,18,23)(H,20,22);5-6H,3-4H2,1-2H3,(H,12,13);5-6H,1-4,7H2;1H,(H2,2,3);2H,1H3. The molecule has 0 aliphatic carbocycles. The molecule has 0 bridgehead atoms. The summed E-state index contributed by atoms with van der Waals surface area (Å²) >= 11 is 5.99. The number of amides is 5. The third kappa shape index (κ3) is 30.4. The number of halogens is 3. The first-order valence-electron chi connectivity index (χ1n) is 16.8. The molecule has 1 fully saturated rings. The lowest BCUT2D eigenvalue weighted by molar-refractivity contribution is -0.139. The molecule has 3 atom stereocenters. The molecule has 5 amide bonds. The second-order valence-corrected chi connectivity index (χ2v) is 14.7. The molecule has 0 radical (unpaired) electrons. The van der Waals surface area contributed by atoms with Crippen LogP contribution in [0.4, 0.5) is 8.78 Å². The number of alkyl halides is 3. The van der Waals surface area contributed by atoms with E-state index in [9.17, 15) is 42.3 Å². The highest BCUT2D eigenvalue weighted by Crippen LogP contribution is 2.23. The highest BCUT2D eigenvalue weighted by atomic mass is 35.5. The Bertz CT molecular complexity index is 1230. The molecule has 316 valence electrons. The molecule has 2 aliphatic heterocycles. The number of Topliss-reactive ketones (excluding diaryl/α,β-unsaturated/α-hetero) is 2. The van der Waals surface area contributed by atoms with Crippen LogP contribution in [0.1, 0.15) is 52.4 Å². The van der Waals surface area contributed by atoms with Gasteiger partial charge >= 0.3 is 0 Å². The van der Waals surface area contributed by atoms with Gasteiger partial charge in [-0.25, -0.2) is 8.78 Å². The van der Waals surface area contributed by atoms with Crippen LogP contribution in [0.2, 0.25) is 0 Å². The Hall–Kier alpha value is -3.50. The zero-order chi connectivity index (χ0) is 42.8. The summed E-state index contributed by atoms with van der Waals surface area (Å²) in [4.78, 5) is 90.6. The zero-order valence-corrected chi connectivity index (χ0v) is 34.0. The Kier molecular flexibility index (Phi) is 35.5. The predicted octanol–water partition coefficient (Wildman–Crippen LogP) is 0.170. The van der Waals surface area contributed by atoms with Crippen LogP contribution >= 0.6 is 33.2 Å². The number of aldehydes is 1. The molecule has 2 heterocycles. The number of aliphatic hydroxyl groups is 1. The highest BCUT2D eigenvalue weighted by Gasteiger charge is 2.34. The monoisotopic (exact) mass is 847 g/mol. The molecule has 0 aromatic heterocycles. The number of dihydropyridines is 1. The summed E-state index contributed by atoms with van der Waals surface area (Å²) in [5.74, 6) is -5.16. The molecule has 0 aromatic rings. The summed E-state index contributed by atoms with van der Waals surface area (Å²) < 4.78 is 30.9. The molecule has 1 saturated heterocycles. The van der Waals surface area contributed by atoms with Gasteiger partial charge in [0.2, 0.25) is 36.8 Å². The molecule has 0 saturated carbocycles. The number of likely N-dealkylation sites (tertiary alicyclic amines) is 1. The fourth-order valence-corrected chi connectivity index (χ4v) is 6.57. The number of carbonyl (C=O) groups is 8. The fourth-order valence-electron chi connectivity index (χ4n) is 4.29. The van der Waals surface area contributed by atoms with Gasteiger partial charge in [0.25, 0.3) is 5.92 Å². The van der Waals surface area contributed by atoms with Gasteiger partial charge in [0, 0.05) is 81.8 Å². The van der Waals surface area contributed by atoms with E-state index >= 15 is 0 Å². The number of primary amides is 2. The minimum atomic E-state index is -3.18. The number of methoxy groups -OCH3 is 1. The quantitative estimate of drug-likeness (QED) is 0.0296. The van der Waals surface area contributed by atoms with Crippen LogP contribution in [-0.4, -0.2) is 147 Å². The summed E-state index contributed by atoms with van der Waals surface area (Å²) in [6.45, 7) is 4.11. The first-order valence-corrected chi connectivity index (χ1v) is 19.8. The number of hydrogen-bond donors (Lipinski definition) is 6. The molecule has 2 rings (SSSR count). The molecular weight excluding hydrogens is 792 g/mol. The van der Waals surface area contributed by atoms with Crippen molar-refractivity contribution in [2.24, 2.45) is 28.1 Å². The minimum Gasteiger partial charge on any atom is -0.400 e. The summed E-state index contributed by atoms with van der Waals surface area (Å²) in [7, 11) is 5.76. The maximum Gasteiger partial charge on any atom is 0.265 e. The Labute approximate surface area is 333 Å². The van der Waals surface area contributed by atoms with Crippen molar-refractivity contribution in [3.8, 4) is 0 Å². The van der Waals surface area contributed by atoms with Crippen molar-refractivity contribution < 1.29 is 57.0 Å². The van der Waals surface area contributed by atoms with Gasteiger partial charge < -0.3 is 47.4 Å². The van der Waals surface area contributed by atoms with Crippen molar-refractivity contribution in [2.45, 2.75) is 75.8 Å². The van der Waals surface area contributed by atoms with E-state index in [1.54, 1.807) is 28.9 Å². The average molecular weight is 848 g/mol. The van der Waals surface area contributed by atoms with E-state index in [4.69, 9.17) is 37.7 Å². The lowest BCUT2D eigenvalue weighted by atomic mass is 9.96. The number of hydrogen-bond acceptors (Lipinski definition) is 14. The zero-order valence-electron chi connectivity index (χ0n) is 31.6. The van der Waals surface area contributed by atoms with E-state index < -0.39 is 53.7 Å². The predicted molar refractivity (Wildman–Crippen MR) is 210 cm³/mol. The van der Waals surface area contributed by atoms with E-state index in [0.717, 1.165) is 58.4 Å². The number of piperidine rings is 1. The summed E-state index contributed by atoms with van der Waals surface area (Å²) in [6, 6.07) is -0.186. The van der Waals surface area contributed by atoms with E-state index in [1.807, 2.05) is 5.32 Å². The minimum absolute atomic E-state index is 0.158. The number of aliphatic hydroxyl groups excluding tert-OH is 1. The van der Waals surface area contributed by atoms with Gasteiger partial charge in [0.15, 0.2) is 5.78 Å². The van der Waals surface area contributed by atoms with Crippen LogP contribution in [0.15, 0.2) is 16.6 Å². The topological polar surface area (TPSA) is 284 Å². The van der Waals surface area contributed by atoms with Gasteiger partial charge in [-0.3, -0.25) is 38.6 Å². The molecule has 22 heteroatoms. The van der Waals surface area contributed by atoms with Crippen LogP contribution in [0.3, 0.4) is 0 Å². The third-order valence-electron chi connectivity index (χ3n) is 7.01. The molecule has 2 aliphatic rings. The number of ketones is 2. The fraction of sp³-hybridized carbons (Fsp3) is 0.667. The first-order chi connectivity index (χ1) is 26.0. The third-order valence-corrected chi connectivity index (χ3v) is 9.79. The number of nitrogens with one attached hydrogen (secondary N) is 2. The van der Waals surface area contributed by atoms with Crippen molar-refractivity contribution >= 4 is 87.8 Å². The van der Waals surface area contributed by atoms with E-state index in [0.29, 0.717) is 49.1 Å². The molecule has 17 nitrogen and oxygen atoms in total. The van der Waals surface area contributed by atoms with Crippen LogP contribution in [0.25, 0.3) is 0 Å². The summed E-state index contributed by atoms with van der Waals surface area (Å²) in [5.41, 5.74) is 16.1. The number of carbonyl (C=O) groups excluding carboxylic acids is 8. The number of aliphatic imine (C=N–C) groups is 1. The maximum absolute atomic E-state index is 13.0. The lowest BCUT2D eigenvalue weighted by Gasteiger charge is -2.26. The van der Waals surface area contributed by atoms with Crippen LogP contribution < -0.4 is 27.8 Å². The second kappa shape index (κ2) is 35.0. The van der Waals surface area contributed by atoms with Crippen molar-refractivity contribution in [1.82, 2.24) is 15.5 Å². The maximum atomic E-state index is 13.0. The molecule has 55 heavy (non-hydrogen) atoms. The Morgan fingerprint density at radius 3 is 2.25 bits per heavy atom. The largest absolute Gasteiger partial charge is 0.400 e. The second-order valence-electron chi connectivity index (χ2n) is 11.5. The summed E-state index contributed by atoms with van der Waals surface area (Å²) in [5, 5.41) is 11.0. The van der Waals surface area contributed by atoms with Gasteiger partial charge in [-0.2, -0.15) is 0 Å². The van der Waals surface area contributed by atoms with E-state index in [2.05, 4.69) is 16.0 Å². The van der Waals surface area contributed by atoms with E-state index in [-0.39, 0.29) is 25.1 Å². The Morgan fingerprint density at radius 2 is 1.76 bits per heavy atom.